The number of sulfone groups is 2. The highest BCUT2D eigenvalue weighted by atomic mass is 32.2. The van der Waals surface area contributed by atoms with Crippen molar-refractivity contribution < 1.29 is 26.7 Å². The minimum atomic E-state index is -4.13. The summed E-state index contributed by atoms with van der Waals surface area (Å²) < 4.78 is 47.7. The second-order valence-corrected chi connectivity index (χ2v) is 8.71. The molecule has 0 saturated heterocycles. The molecule has 0 spiro atoms. The molecule has 1 heterocycles. The van der Waals surface area contributed by atoms with Crippen molar-refractivity contribution in [3.8, 4) is 0 Å². The number of aliphatic carboxylic acids is 1. The Morgan fingerprint density at radius 1 is 1.25 bits per heavy atom. The summed E-state index contributed by atoms with van der Waals surface area (Å²) in [6.07, 6.45) is 2.42. The average molecular weight is 322 g/mol. The van der Waals surface area contributed by atoms with Crippen LogP contribution in [0.5, 0.6) is 0 Å². The predicted octanol–water partition coefficient (Wildman–Crippen LogP) is -0.473. The first-order valence-electron chi connectivity index (χ1n) is 5.48. The van der Waals surface area contributed by atoms with Crippen molar-refractivity contribution in [2.45, 2.75) is 29.0 Å². The molecule has 112 valence electrons. The maximum atomic E-state index is 12.2. The Bertz CT molecular complexity index is 684. The molecule has 0 aliphatic carbocycles. The lowest BCUT2D eigenvalue weighted by Crippen LogP contribution is -2.39. The molecular formula is C10H14N2O6S2. The number of hydrogen-bond acceptors (Lipinski definition) is 7. The summed E-state index contributed by atoms with van der Waals surface area (Å²) in [4.78, 5) is 17.9. The number of hydrogen-bond donors (Lipinski definition) is 1. The van der Waals surface area contributed by atoms with E-state index in [0.29, 0.717) is 0 Å². The average Bonchev–Trinajstić information content (AvgIpc) is 2.34. The second kappa shape index (κ2) is 5.83. The fraction of sp³-hybridized carbons (Fsp3) is 0.500. The topological polar surface area (TPSA) is 131 Å². The molecule has 1 rings (SSSR count). The van der Waals surface area contributed by atoms with Gasteiger partial charge in [0, 0.05) is 18.6 Å². The van der Waals surface area contributed by atoms with Crippen LogP contribution in [0.3, 0.4) is 0 Å². The monoisotopic (exact) mass is 322 g/mol. The highest BCUT2D eigenvalue weighted by Gasteiger charge is 2.39. The van der Waals surface area contributed by atoms with Crippen LogP contribution < -0.4 is 0 Å². The largest absolute Gasteiger partial charge is 0.481 e. The molecule has 0 aliphatic heterocycles. The molecule has 8 nitrogen and oxygen atoms in total. The highest BCUT2D eigenvalue weighted by Crippen LogP contribution is 2.21. The van der Waals surface area contributed by atoms with Crippen LogP contribution in [0.1, 0.15) is 13.3 Å². The van der Waals surface area contributed by atoms with E-state index in [2.05, 4.69) is 9.97 Å². The summed E-state index contributed by atoms with van der Waals surface area (Å²) >= 11 is 0. The lowest BCUT2D eigenvalue weighted by molar-refractivity contribution is -0.137. The van der Waals surface area contributed by atoms with Gasteiger partial charge in [0.1, 0.15) is 0 Å². The smallest absolute Gasteiger partial charge is 0.304 e. The minimum Gasteiger partial charge on any atom is -0.481 e. The zero-order valence-corrected chi connectivity index (χ0v) is 12.4. The highest BCUT2D eigenvalue weighted by molar-refractivity contribution is 7.95. The Morgan fingerprint density at radius 3 is 2.15 bits per heavy atom. The van der Waals surface area contributed by atoms with Crippen LogP contribution >= 0.6 is 0 Å². The summed E-state index contributed by atoms with van der Waals surface area (Å²) in [5.74, 6) is -1.39. The van der Waals surface area contributed by atoms with Crippen molar-refractivity contribution in [1.29, 1.82) is 0 Å². The fourth-order valence-electron chi connectivity index (χ4n) is 1.64. The van der Waals surface area contributed by atoms with Gasteiger partial charge in [-0.05, 0) is 13.0 Å². The Hall–Kier alpha value is -1.55. The molecule has 0 unspecified atom stereocenters. The Morgan fingerprint density at radius 2 is 1.75 bits per heavy atom. The molecule has 2 atom stereocenters. The van der Waals surface area contributed by atoms with Gasteiger partial charge in [-0.2, -0.15) is 0 Å². The van der Waals surface area contributed by atoms with Crippen LogP contribution in [-0.4, -0.2) is 54.6 Å². The molecule has 20 heavy (non-hydrogen) atoms. The lowest BCUT2D eigenvalue weighted by Gasteiger charge is -2.20. The van der Waals surface area contributed by atoms with Crippen LogP contribution in [-0.2, 0) is 24.5 Å². The summed E-state index contributed by atoms with van der Waals surface area (Å²) in [7, 11) is -8.00. The number of carboxylic acids is 1. The van der Waals surface area contributed by atoms with Crippen molar-refractivity contribution in [2.75, 3.05) is 6.26 Å². The molecule has 0 radical (unpaired) electrons. The van der Waals surface area contributed by atoms with Gasteiger partial charge >= 0.3 is 5.97 Å². The van der Waals surface area contributed by atoms with Gasteiger partial charge in [0.15, 0.2) is 9.84 Å². The van der Waals surface area contributed by atoms with E-state index in [1.165, 1.54) is 18.5 Å². The van der Waals surface area contributed by atoms with E-state index in [0.717, 1.165) is 13.2 Å². The van der Waals surface area contributed by atoms with Gasteiger partial charge in [-0.1, -0.05) is 0 Å². The first-order valence-corrected chi connectivity index (χ1v) is 8.98. The van der Waals surface area contributed by atoms with Gasteiger partial charge in [-0.25, -0.2) is 26.8 Å². The van der Waals surface area contributed by atoms with Gasteiger partial charge in [0.2, 0.25) is 15.0 Å². The van der Waals surface area contributed by atoms with Crippen molar-refractivity contribution in [1.82, 2.24) is 9.97 Å². The quantitative estimate of drug-likeness (QED) is 0.695. The van der Waals surface area contributed by atoms with E-state index in [-0.39, 0.29) is 0 Å². The molecule has 0 amide bonds. The molecule has 0 aromatic carbocycles. The molecular weight excluding hydrogens is 308 g/mol. The number of aromatic nitrogens is 2. The third kappa shape index (κ3) is 3.73. The van der Waals surface area contributed by atoms with Gasteiger partial charge in [0.25, 0.3) is 0 Å². The molecule has 1 aromatic heterocycles. The van der Waals surface area contributed by atoms with Crippen LogP contribution in [0.15, 0.2) is 23.6 Å². The molecule has 0 aliphatic rings. The number of rotatable bonds is 6. The first-order chi connectivity index (χ1) is 9.06. The third-order valence-electron chi connectivity index (χ3n) is 2.74. The van der Waals surface area contributed by atoms with Crippen LogP contribution in [0.25, 0.3) is 0 Å². The van der Waals surface area contributed by atoms with E-state index in [9.17, 15) is 21.6 Å². The number of nitrogens with zero attached hydrogens (tertiary/aromatic N) is 2. The van der Waals surface area contributed by atoms with Gasteiger partial charge < -0.3 is 5.11 Å². The number of carboxylic acid groups (broad SMARTS) is 1. The summed E-state index contributed by atoms with van der Waals surface area (Å²) in [5, 5.41) is 5.20. The van der Waals surface area contributed by atoms with Gasteiger partial charge in [0.05, 0.1) is 16.9 Å². The minimum absolute atomic E-state index is 0.522. The van der Waals surface area contributed by atoms with Crippen LogP contribution in [0, 0.1) is 0 Å². The Balaban J connectivity index is 3.26. The van der Waals surface area contributed by atoms with E-state index in [1.54, 1.807) is 0 Å². The van der Waals surface area contributed by atoms with E-state index >= 15 is 0 Å². The lowest BCUT2D eigenvalue weighted by atomic mass is 10.2. The van der Waals surface area contributed by atoms with Crippen LogP contribution in [0.4, 0.5) is 0 Å². The molecule has 0 fully saturated rings. The molecule has 0 saturated carbocycles. The number of carbonyl (C=O) groups is 1. The SMILES string of the molecule is C[C@@H]([C@@H](CC(=O)O)S(C)(=O)=O)S(=O)(=O)c1ncccn1. The van der Waals surface area contributed by atoms with E-state index < -0.39 is 47.7 Å². The Labute approximate surface area is 116 Å². The fourth-order valence-corrected chi connectivity index (χ4v) is 5.07. The van der Waals surface area contributed by atoms with E-state index in [4.69, 9.17) is 5.11 Å². The zero-order valence-electron chi connectivity index (χ0n) is 10.8. The van der Waals surface area contributed by atoms with Gasteiger partial charge in [-0.15, -0.1) is 0 Å². The molecule has 1 aromatic rings. The van der Waals surface area contributed by atoms with E-state index in [1.807, 2.05) is 0 Å². The molecule has 0 bridgehead atoms. The van der Waals surface area contributed by atoms with Gasteiger partial charge in [-0.3, -0.25) is 4.79 Å². The first kappa shape index (κ1) is 16.5. The summed E-state index contributed by atoms with van der Waals surface area (Å²) in [6.45, 7) is 1.14. The maximum Gasteiger partial charge on any atom is 0.304 e. The van der Waals surface area contributed by atoms with Crippen molar-refractivity contribution in [3.05, 3.63) is 18.5 Å². The molecule has 10 heteroatoms. The van der Waals surface area contributed by atoms with Crippen molar-refractivity contribution in [2.24, 2.45) is 0 Å². The van der Waals surface area contributed by atoms with Crippen molar-refractivity contribution in [3.63, 3.8) is 0 Å². The standard InChI is InChI=1S/C10H14N2O6S2/c1-7(8(6-9(13)14)19(2,15)16)20(17,18)10-11-4-3-5-12-10/h3-5,7-8H,6H2,1-2H3,(H,13,14)/t7-,8+/m0/s1. The summed E-state index contributed by atoms with van der Waals surface area (Å²) in [5.41, 5.74) is 0. The predicted molar refractivity (Wildman–Crippen MR) is 69.6 cm³/mol. The second-order valence-electron chi connectivity index (χ2n) is 4.25. The summed E-state index contributed by atoms with van der Waals surface area (Å²) in [6, 6.07) is 1.41. The zero-order chi connectivity index (χ0) is 15.6. The van der Waals surface area contributed by atoms with Crippen molar-refractivity contribution >= 4 is 25.6 Å². The Kier molecular flexibility index (Phi) is 4.81. The molecule has 1 N–H and O–H groups in total. The maximum absolute atomic E-state index is 12.2. The normalized spacial score (nSPS) is 15.5. The third-order valence-corrected chi connectivity index (χ3v) is 6.61. The van der Waals surface area contributed by atoms with Crippen LogP contribution in [0.2, 0.25) is 0 Å².